The zero-order chi connectivity index (χ0) is 20.7. The first kappa shape index (κ1) is 19.5. The maximum Gasteiger partial charge on any atom is 0.287 e. The van der Waals surface area contributed by atoms with Gasteiger partial charge >= 0.3 is 0 Å². The van der Waals surface area contributed by atoms with Gasteiger partial charge in [0.2, 0.25) is 5.91 Å². The third-order valence-electron chi connectivity index (χ3n) is 4.83. The van der Waals surface area contributed by atoms with E-state index >= 15 is 0 Å². The van der Waals surface area contributed by atoms with Crippen LogP contribution in [0.4, 0.5) is 25.1 Å². The smallest absolute Gasteiger partial charge is 0.287 e. The topological polar surface area (TPSA) is 102 Å². The number of ether oxygens (including phenoxy) is 1. The van der Waals surface area contributed by atoms with Crippen molar-refractivity contribution in [3.05, 3.63) is 24.4 Å². The Morgan fingerprint density at radius 2 is 2.24 bits per heavy atom. The molecule has 2 aliphatic heterocycles. The maximum atomic E-state index is 13.3. The van der Waals surface area contributed by atoms with Gasteiger partial charge in [0, 0.05) is 23.7 Å². The van der Waals surface area contributed by atoms with E-state index in [1.54, 1.807) is 35.9 Å². The van der Waals surface area contributed by atoms with Crippen LogP contribution in [0.3, 0.4) is 0 Å². The number of carbonyl (C=O) groups excluding carboxylic acids is 2. The van der Waals surface area contributed by atoms with E-state index in [-0.39, 0.29) is 11.6 Å². The summed E-state index contributed by atoms with van der Waals surface area (Å²) in [6.07, 6.45) is -1.04. The zero-order valence-corrected chi connectivity index (χ0v) is 16.3. The number of thioether (sulfide) groups is 1. The highest BCUT2D eigenvalue weighted by Crippen LogP contribution is 2.38. The zero-order valence-electron chi connectivity index (χ0n) is 15.5. The number of amides is 2. The molecule has 2 amide bonds. The van der Waals surface area contributed by atoms with Crippen molar-refractivity contribution < 1.29 is 23.1 Å². The van der Waals surface area contributed by atoms with Crippen LogP contribution in [-0.2, 0) is 11.3 Å². The average molecular weight is 423 g/mol. The van der Waals surface area contributed by atoms with Gasteiger partial charge in [-0.2, -0.15) is 0 Å². The molecule has 1 saturated heterocycles. The highest BCUT2D eigenvalue weighted by Gasteiger charge is 2.40. The molecule has 2 atom stereocenters. The standard InChI is InChI=1S/C18H19F2N5O3S/c1-9(16(21)26)22-10-2-3-11-13(6-10)28-5-4-24-7-14(23-17(11)24)25-12(15(19)20)8-29-18(25)27/h2-3,6-7,9,12,15,22H,4-5,8H2,1H3,(H2,21,26). The number of rotatable bonds is 5. The van der Waals surface area contributed by atoms with Gasteiger partial charge in [0.15, 0.2) is 5.82 Å². The van der Waals surface area contributed by atoms with Gasteiger partial charge in [-0.05, 0) is 19.1 Å². The van der Waals surface area contributed by atoms with E-state index in [0.29, 0.717) is 36.0 Å². The number of carbonyl (C=O) groups is 2. The minimum atomic E-state index is -2.65. The number of aromatic nitrogens is 2. The Kier molecular flexibility index (Phi) is 5.07. The number of hydrogen-bond acceptors (Lipinski definition) is 6. The maximum absolute atomic E-state index is 13.3. The predicted molar refractivity (Wildman–Crippen MR) is 106 cm³/mol. The van der Waals surface area contributed by atoms with Crippen molar-refractivity contribution in [3.63, 3.8) is 0 Å². The molecule has 0 radical (unpaired) electrons. The fourth-order valence-electron chi connectivity index (χ4n) is 3.28. The normalized spacial score (nSPS) is 19.4. The van der Waals surface area contributed by atoms with Crippen molar-refractivity contribution in [1.82, 2.24) is 9.55 Å². The van der Waals surface area contributed by atoms with Crippen molar-refractivity contribution >= 4 is 34.4 Å². The lowest BCUT2D eigenvalue weighted by atomic mass is 10.1. The second kappa shape index (κ2) is 7.54. The summed E-state index contributed by atoms with van der Waals surface area (Å²) in [7, 11) is 0. The molecular weight excluding hydrogens is 404 g/mol. The molecule has 2 aromatic rings. The molecule has 154 valence electrons. The van der Waals surface area contributed by atoms with E-state index in [4.69, 9.17) is 10.5 Å². The molecule has 4 rings (SSSR count). The summed E-state index contributed by atoms with van der Waals surface area (Å²) >= 11 is 0.869. The van der Waals surface area contributed by atoms with Crippen molar-refractivity contribution in [2.24, 2.45) is 5.73 Å². The van der Waals surface area contributed by atoms with E-state index < -0.39 is 29.7 Å². The third-order valence-corrected chi connectivity index (χ3v) is 5.78. The monoisotopic (exact) mass is 423 g/mol. The fourth-order valence-corrected chi connectivity index (χ4v) is 4.26. The van der Waals surface area contributed by atoms with Gasteiger partial charge in [-0.25, -0.2) is 13.8 Å². The molecule has 2 aliphatic rings. The van der Waals surface area contributed by atoms with Gasteiger partial charge in [0.1, 0.15) is 30.3 Å². The number of anilines is 2. The van der Waals surface area contributed by atoms with Crippen LogP contribution in [0.25, 0.3) is 11.4 Å². The molecule has 8 nitrogen and oxygen atoms in total. The highest BCUT2D eigenvalue weighted by molar-refractivity contribution is 8.14. The number of hydrogen-bond donors (Lipinski definition) is 2. The summed E-state index contributed by atoms with van der Waals surface area (Å²) in [6, 6.07) is 3.51. The van der Waals surface area contributed by atoms with Crippen LogP contribution in [0.5, 0.6) is 5.75 Å². The number of nitrogens with two attached hydrogens (primary N) is 1. The molecule has 1 fully saturated rings. The van der Waals surface area contributed by atoms with Gasteiger partial charge < -0.3 is 20.4 Å². The van der Waals surface area contributed by atoms with Crippen molar-refractivity contribution in [2.75, 3.05) is 22.6 Å². The van der Waals surface area contributed by atoms with Crippen LogP contribution in [0.1, 0.15) is 6.92 Å². The van der Waals surface area contributed by atoms with E-state index in [1.807, 2.05) is 0 Å². The highest BCUT2D eigenvalue weighted by atomic mass is 32.2. The molecular formula is C18H19F2N5O3S. The molecule has 3 N–H and O–H groups in total. The van der Waals surface area contributed by atoms with Crippen LogP contribution in [0.2, 0.25) is 0 Å². The number of nitrogens with zero attached hydrogens (tertiary/aromatic N) is 3. The minimum Gasteiger partial charge on any atom is -0.491 e. The van der Waals surface area contributed by atoms with Gasteiger partial charge in [-0.1, -0.05) is 11.8 Å². The quantitative estimate of drug-likeness (QED) is 0.766. The lowest BCUT2D eigenvalue weighted by Crippen LogP contribution is -2.38. The number of benzene rings is 1. The Balaban J connectivity index is 1.68. The van der Waals surface area contributed by atoms with Gasteiger partial charge in [0.25, 0.3) is 11.7 Å². The first-order chi connectivity index (χ1) is 13.8. The molecule has 11 heteroatoms. The van der Waals surface area contributed by atoms with E-state index in [9.17, 15) is 18.4 Å². The molecule has 0 spiro atoms. The number of alkyl halides is 2. The molecule has 0 aliphatic carbocycles. The second-order valence-electron chi connectivity index (χ2n) is 6.79. The molecule has 0 saturated carbocycles. The van der Waals surface area contributed by atoms with Gasteiger partial charge in [-0.15, -0.1) is 0 Å². The second-order valence-corrected chi connectivity index (χ2v) is 7.76. The van der Waals surface area contributed by atoms with Crippen molar-refractivity contribution in [1.29, 1.82) is 0 Å². The first-order valence-electron chi connectivity index (χ1n) is 8.99. The predicted octanol–water partition coefficient (Wildman–Crippen LogP) is 2.54. The Morgan fingerprint density at radius 3 is 2.97 bits per heavy atom. The van der Waals surface area contributed by atoms with E-state index in [0.717, 1.165) is 16.7 Å². The average Bonchev–Trinajstić information content (AvgIpc) is 3.21. The molecule has 2 unspecified atom stereocenters. The number of nitrogens with one attached hydrogen (secondary N) is 1. The number of primary amides is 1. The molecule has 0 bridgehead atoms. The lowest BCUT2D eigenvalue weighted by Gasteiger charge is -2.20. The van der Waals surface area contributed by atoms with Crippen LogP contribution in [-0.4, -0.2) is 51.6 Å². The summed E-state index contributed by atoms with van der Waals surface area (Å²) in [5.41, 5.74) is 6.60. The van der Waals surface area contributed by atoms with Crippen molar-refractivity contribution in [2.45, 2.75) is 32.0 Å². The number of halogens is 2. The molecule has 1 aromatic heterocycles. The molecule has 3 heterocycles. The SMILES string of the molecule is CC(Nc1ccc2c(c1)OCCn1cc(N3C(=O)SCC3C(F)F)nc1-2)C(N)=O. The fraction of sp³-hybridized carbons (Fsp3) is 0.389. The Bertz CT molecular complexity index is 967. The molecule has 29 heavy (non-hydrogen) atoms. The Labute approximate surface area is 169 Å². The van der Waals surface area contributed by atoms with Gasteiger partial charge in [0.05, 0.1) is 12.1 Å². The summed E-state index contributed by atoms with van der Waals surface area (Å²) in [4.78, 5) is 29.0. The van der Waals surface area contributed by atoms with Gasteiger partial charge in [-0.3, -0.25) is 14.5 Å². The largest absolute Gasteiger partial charge is 0.491 e. The Morgan fingerprint density at radius 1 is 1.45 bits per heavy atom. The van der Waals surface area contributed by atoms with Crippen LogP contribution < -0.4 is 20.7 Å². The van der Waals surface area contributed by atoms with Crippen molar-refractivity contribution in [3.8, 4) is 17.1 Å². The number of fused-ring (bicyclic) bond motifs is 3. The summed E-state index contributed by atoms with van der Waals surface area (Å²) in [5, 5.41) is 2.56. The lowest BCUT2D eigenvalue weighted by molar-refractivity contribution is -0.118. The molecule has 1 aromatic carbocycles. The minimum absolute atomic E-state index is 0.0332. The summed E-state index contributed by atoms with van der Waals surface area (Å²) in [5.74, 6) is 0.821. The summed E-state index contributed by atoms with van der Waals surface area (Å²) in [6.45, 7) is 2.44. The van der Waals surface area contributed by atoms with E-state index in [2.05, 4.69) is 10.3 Å². The van der Waals surface area contributed by atoms with Crippen LogP contribution >= 0.6 is 11.8 Å². The first-order valence-corrected chi connectivity index (χ1v) is 9.98. The van der Waals surface area contributed by atoms with Crippen LogP contribution in [0, 0.1) is 0 Å². The summed E-state index contributed by atoms with van der Waals surface area (Å²) < 4.78 is 34.3. The third kappa shape index (κ3) is 3.61. The number of imidazole rings is 1. The Hall–Kier alpha value is -2.82. The van der Waals surface area contributed by atoms with E-state index in [1.165, 1.54) is 0 Å². The van der Waals surface area contributed by atoms with Crippen LogP contribution in [0.15, 0.2) is 24.4 Å².